The molecule has 0 spiro atoms. The molecule has 7 heteroatoms. The van der Waals surface area contributed by atoms with E-state index in [4.69, 9.17) is 4.74 Å². The highest BCUT2D eigenvalue weighted by Gasteiger charge is 2.36. The van der Waals surface area contributed by atoms with Gasteiger partial charge in [0.1, 0.15) is 11.4 Å². The lowest BCUT2D eigenvalue weighted by Crippen LogP contribution is -2.56. The zero-order valence-corrected chi connectivity index (χ0v) is 18.6. The van der Waals surface area contributed by atoms with Gasteiger partial charge in [-0.15, -0.1) is 0 Å². The number of esters is 1. The first-order chi connectivity index (χ1) is 14.9. The van der Waals surface area contributed by atoms with Crippen LogP contribution in [-0.2, 0) is 9.53 Å². The van der Waals surface area contributed by atoms with Crippen LogP contribution in [0.25, 0.3) is 0 Å². The summed E-state index contributed by atoms with van der Waals surface area (Å²) in [5, 5.41) is 0. The van der Waals surface area contributed by atoms with Crippen molar-refractivity contribution in [2.75, 3.05) is 54.0 Å². The van der Waals surface area contributed by atoms with Crippen molar-refractivity contribution < 1.29 is 9.53 Å². The van der Waals surface area contributed by atoms with Crippen LogP contribution >= 0.6 is 0 Å². The number of aryl methyl sites for hydroxylation is 1. The van der Waals surface area contributed by atoms with Gasteiger partial charge in [0.25, 0.3) is 10.9 Å². The first-order valence-electron chi connectivity index (χ1n) is 11.2. The molecule has 0 aromatic heterocycles. The molecule has 2 aliphatic rings. The predicted molar refractivity (Wildman–Crippen MR) is 123 cm³/mol. The van der Waals surface area contributed by atoms with E-state index in [1.165, 1.54) is 11.3 Å². The summed E-state index contributed by atoms with van der Waals surface area (Å²) in [6.07, 6.45) is 1.29. The van der Waals surface area contributed by atoms with E-state index in [-0.39, 0.29) is 23.4 Å². The number of benzene rings is 1. The van der Waals surface area contributed by atoms with E-state index >= 15 is 0 Å². The number of nitrogens with zero attached hydrogens (tertiary/aromatic N) is 3. The van der Waals surface area contributed by atoms with Crippen LogP contribution in [-0.4, -0.2) is 51.3 Å². The monoisotopic (exact) mass is 425 g/mol. The first-order valence-corrected chi connectivity index (χ1v) is 11.2. The largest absolute Gasteiger partial charge is 0.466 e. The molecule has 2 heterocycles. The van der Waals surface area contributed by atoms with Gasteiger partial charge in [0.05, 0.1) is 12.5 Å². The summed E-state index contributed by atoms with van der Waals surface area (Å²) < 4.78 is 5.13. The Bertz CT molecular complexity index is 1020. The van der Waals surface area contributed by atoms with Crippen LogP contribution in [0.15, 0.2) is 33.9 Å². The number of carbonyl (C=O) groups is 1. The lowest BCUT2D eigenvalue weighted by molar-refractivity contribution is -0.148. The van der Waals surface area contributed by atoms with Crippen LogP contribution in [0.2, 0.25) is 0 Å². The van der Waals surface area contributed by atoms with E-state index < -0.39 is 5.43 Å². The molecule has 2 aliphatic heterocycles. The fraction of sp³-hybridized carbons (Fsp3) is 0.542. The molecule has 0 amide bonds. The van der Waals surface area contributed by atoms with Gasteiger partial charge in [0.15, 0.2) is 0 Å². The molecule has 0 radical (unpaired) electrons. The molecule has 0 N–H and O–H groups in total. The second-order valence-corrected chi connectivity index (χ2v) is 8.70. The predicted octanol–water partition coefficient (Wildman–Crippen LogP) is 2.09. The highest BCUT2D eigenvalue weighted by Crippen LogP contribution is 2.31. The molecule has 2 aromatic carbocycles. The second kappa shape index (κ2) is 8.73. The minimum Gasteiger partial charge on any atom is -0.466 e. The van der Waals surface area contributed by atoms with Crippen LogP contribution in [0, 0.1) is 12.8 Å². The van der Waals surface area contributed by atoms with E-state index in [9.17, 15) is 14.4 Å². The molecular weight excluding hydrogens is 394 g/mol. The molecule has 0 unspecified atom stereocenters. The van der Waals surface area contributed by atoms with Crippen LogP contribution in [0.4, 0.5) is 17.1 Å². The maximum atomic E-state index is 12.5. The number of rotatable bonds is 5. The van der Waals surface area contributed by atoms with E-state index in [1.54, 1.807) is 0 Å². The van der Waals surface area contributed by atoms with Crippen molar-refractivity contribution >= 4 is 23.0 Å². The number of piperazine rings is 1. The molecule has 31 heavy (non-hydrogen) atoms. The van der Waals surface area contributed by atoms with Crippen molar-refractivity contribution in [3.8, 4) is 0 Å². The molecule has 2 saturated heterocycles. The first kappa shape index (κ1) is 21.4. The molecule has 7 nitrogen and oxygen atoms in total. The fourth-order valence-electron chi connectivity index (χ4n) is 4.90. The number of ether oxygens (including phenoxy) is 1. The Balaban J connectivity index is 1.45. The highest BCUT2D eigenvalue weighted by molar-refractivity contribution is 5.78. The zero-order chi connectivity index (χ0) is 22.1. The van der Waals surface area contributed by atoms with Crippen molar-refractivity contribution in [1.29, 1.82) is 0 Å². The Labute approximate surface area is 182 Å². The molecule has 166 valence electrons. The van der Waals surface area contributed by atoms with Crippen molar-refractivity contribution in [3.63, 3.8) is 0 Å². The minimum atomic E-state index is -0.390. The van der Waals surface area contributed by atoms with E-state index in [1.807, 2.05) is 11.8 Å². The molecule has 2 aromatic rings. The fourth-order valence-corrected chi connectivity index (χ4v) is 4.90. The maximum Gasteiger partial charge on any atom is 0.309 e. The molecule has 0 bridgehead atoms. The second-order valence-electron chi connectivity index (χ2n) is 8.70. The molecule has 0 saturated carbocycles. The number of piperidine rings is 1. The van der Waals surface area contributed by atoms with Gasteiger partial charge in [0.2, 0.25) is 0 Å². The van der Waals surface area contributed by atoms with Gasteiger partial charge in [-0.05, 0) is 51.3 Å². The van der Waals surface area contributed by atoms with Crippen LogP contribution in [0.5, 0.6) is 0 Å². The van der Waals surface area contributed by atoms with E-state index in [2.05, 4.69) is 47.9 Å². The van der Waals surface area contributed by atoms with Crippen LogP contribution in [0.1, 0.15) is 32.3 Å². The lowest BCUT2D eigenvalue weighted by atomic mass is 9.95. The zero-order valence-electron chi connectivity index (χ0n) is 18.6. The van der Waals surface area contributed by atoms with Crippen LogP contribution in [0.3, 0.4) is 0 Å². The smallest absolute Gasteiger partial charge is 0.309 e. The van der Waals surface area contributed by atoms with Gasteiger partial charge in [-0.1, -0.05) is 12.1 Å². The summed E-state index contributed by atoms with van der Waals surface area (Å²) in [6, 6.07) is 8.68. The standard InChI is InChI=1S/C24H31N3O4/c1-4-31-24(30)18-8-10-25(11-9-18)20-21(23(29)22(20)28)26-12-13-27(17(3)15-26)19-7-5-6-16(2)14-19/h5-7,14,17-18H,4,8-13,15H2,1-3H3/t17-/m1/s1. The van der Waals surface area contributed by atoms with Crippen molar-refractivity contribution in [3.05, 3.63) is 50.3 Å². The number of hydrogen-bond acceptors (Lipinski definition) is 7. The SMILES string of the molecule is CCOC(=O)C1CCN(c2c(N3CCN(c4cccc(C)c4)[C@H](C)C3)c(=O)c2=O)CC1. The average Bonchev–Trinajstić information content (AvgIpc) is 2.77. The summed E-state index contributed by atoms with van der Waals surface area (Å²) in [5.41, 5.74) is 2.76. The quantitative estimate of drug-likeness (QED) is 0.537. The van der Waals surface area contributed by atoms with Gasteiger partial charge in [0, 0.05) is 44.5 Å². The normalized spacial score (nSPS) is 20.4. The van der Waals surface area contributed by atoms with E-state index in [0.29, 0.717) is 57.0 Å². The van der Waals surface area contributed by atoms with Gasteiger partial charge in [-0.3, -0.25) is 14.4 Å². The molecule has 2 fully saturated rings. The van der Waals surface area contributed by atoms with Gasteiger partial charge in [-0.25, -0.2) is 0 Å². The van der Waals surface area contributed by atoms with Crippen molar-refractivity contribution in [1.82, 2.24) is 0 Å². The van der Waals surface area contributed by atoms with Gasteiger partial charge < -0.3 is 19.4 Å². The summed E-state index contributed by atoms with van der Waals surface area (Å²) in [5.74, 6) is -0.280. The third kappa shape index (κ3) is 4.05. The number of anilines is 3. The number of hydrogen-bond donors (Lipinski definition) is 0. The Morgan fingerprint density at radius 3 is 2.32 bits per heavy atom. The molecule has 1 atom stereocenters. The highest BCUT2D eigenvalue weighted by atomic mass is 16.5. The maximum absolute atomic E-state index is 12.5. The van der Waals surface area contributed by atoms with Gasteiger partial charge in [-0.2, -0.15) is 0 Å². The Morgan fingerprint density at radius 1 is 1.03 bits per heavy atom. The van der Waals surface area contributed by atoms with Crippen molar-refractivity contribution in [2.24, 2.45) is 5.92 Å². The third-order valence-corrected chi connectivity index (χ3v) is 6.57. The summed E-state index contributed by atoms with van der Waals surface area (Å²) in [7, 11) is 0. The average molecular weight is 426 g/mol. The Hall–Kier alpha value is -2.83. The number of carbonyl (C=O) groups excluding carboxylic acids is 1. The summed E-state index contributed by atoms with van der Waals surface area (Å²) in [4.78, 5) is 43.4. The Morgan fingerprint density at radius 2 is 1.71 bits per heavy atom. The minimum absolute atomic E-state index is 0.121. The van der Waals surface area contributed by atoms with Crippen molar-refractivity contribution in [2.45, 2.75) is 39.7 Å². The topological polar surface area (TPSA) is 70.2 Å². The summed E-state index contributed by atoms with van der Waals surface area (Å²) in [6.45, 7) is 9.83. The third-order valence-electron chi connectivity index (χ3n) is 6.57. The van der Waals surface area contributed by atoms with Gasteiger partial charge >= 0.3 is 5.97 Å². The van der Waals surface area contributed by atoms with E-state index in [0.717, 1.165) is 6.54 Å². The lowest BCUT2D eigenvalue weighted by Gasteiger charge is -2.44. The Kier molecular flexibility index (Phi) is 6.03. The summed E-state index contributed by atoms with van der Waals surface area (Å²) >= 11 is 0. The molecular formula is C24H31N3O4. The molecule has 4 rings (SSSR count). The molecule has 0 aliphatic carbocycles. The van der Waals surface area contributed by atoms with Crippen LogP contribution < -0.4 is 25.6 Å².